The Morgan fingerprint density at radius 1 is 1.21 bits per heavy atom. The fraction of sp³-hybridized carbons (Fsp3) is 0.150. The lowest BCUT2D eigenvalue weighted by molar-refractivity contribution is -0.116. The summed E-state index contributed by atoms with van der Waals surface area (Å²) in [5, 5.41) is 14.1. The number of fused-ring (bicyclic) bond motifs is 1. The minimum atomic E-state index is -0.733. The van der Waals surface area contributed by atoms with Crippen LogP contribution in [-0.4, -0.2) is 22.1 Å². The lowest BCUT2D eigenvalue weighted by Gasteiger charge is -2.12. The lowest BCUT2D eigenvalue weighted by Crippen LogP contribution is -2.26. The highest BCUT2D eigenvalue weighted by Crippen LogP contribution is 2.20. The average molecular weight is 320 g/mol. The van der Waals surface area contributed by atoms with Crippen molar-refractivity contribution >= 4 is 22.9 Å². The van der Waals surface area contributed by atoms with Crippen LogP contribution in [0.15, 0.2) is 66.9 Å². The van der Waals surface area contributed by atoms with Crippen LogP contribution < -0.4 is 5.32 Å². The first kappa shape index (κ1) is 16.0. The van der Waals surface area contributed by atoms with E-state index >= 15 is 0 Å². The van der Waals surface area contributed by atoms with Crippen LogP contribution in [0.3, 0.4) is 0 Å². The monoisotopic (exact) mass is 320 g/mol. The number of aliphatic hydroxyl groups is 1. The van der Waals surface area contributed by atoms with Gasteiger partial charge >= 0.3 is 0 Å². The van der Waals surface area contributed by atoms with Gasteiger partial charge in [-0.2, -0.15) is 0 Å². The number of aryl methyl sites for hydroxylation is 1. The van der Waals surface area contributed by atoms with Crippen LogP contribution in [0.4, 0.5) is 0 Å². The Morgan fingerprint density at radius 2 is 2.00 bits per heavy atom. The van der Waals surface area contributed by atoms with Gasteiger partial charge in [0.1, 0.15) is 0 Å². The van der Waals surface area contributed by atoms with E-state index in [1.54, 1.807) is 6.08 Å². The van der Waals surface area contributed by atoms with Crippen LogP contribution >= 0.6 is 0 Å². The first-order valence-electron chi connectivity index (χ1n) is 7.87. The van der Waals surface area contributed by atoms with Crippen molar-refractivity contribution in [3.63, 3.8) is 0 Å². The Morgan fingerprint density at radius 3 is 2.79 bits per heavy atom. The third-order valence-corrected chi connectivity index (χ3v) is 3.99. The smallest absolute Gasteiger partial charge is 0.244 e. The van der Waals surface area contributed by atoms with Crippen molar-refractivity contribution in [3.8, 4) is 0 Å². The maximum absolute atomic E-state index is 11.9. The molecule has 0 unspecified atom stereocenters. The van der Waals surface area contributed by atoms with Gasteiger partial charge in [-0.15, -0.1) is 0 Å². The summed E-state index contributed by atoms with van der Waals surface area (Å²) in [5.41, 5.74) is 2.87. The molecular weight excluding hydrogens is 300 g/mol. The van der Waals surface area contributed by atoms with E-state index in [1.165, 1.54) is 6.08 Å². The van der Waals surface area contributed by atoms with E-state index in [1.807, 2.05) is 72.4 Å². The zero-order chi connectivity index (χ0) is 16.9. The molecule has 3 aromatic rings. The Hall–Kier alpha value is -2.85. The SMILES string of the molecule is Cn1ccc2cc([C@H](O)CNC(=O)/C=C/c3ccccc3)ccc21. The number of nitrogens with one attached hydrogen (secondary N) is 1. The second kappa shape index (κ2) is 7.15. The minimum Gasteiger partial charge on any atom is -0.387 e. The van der Waals surface area contributed by atoms with Crippen LogP contribution in [0.2, 0.25) is 0 Å². The summed E-state index contributed by atoms with van der Waals surface area (Å²) >= 11 is 0. The van der Waals surface area contributed by atoms with E-state index in [-0.39, 0.29) is 12.5 Å². The highest BCUT2D eigenvalue weighted by molar-refractivity contribution is 5.91. The van der Waals surface area contributed by atoms with Gasteiger partial charge in [0, 0.05) is 31.4 Å². The largest absolute Gasteiger partial charge is 0.387 e. The molecule has 4 nitrogen and oxygen atoms in total. The molecule has 0 radical (unpaired) electrons. The second-order valence-corrected chi connectivity index (χ2v) is 5.75. The number of aromatic nitrogens is 1. The van der Waals surface area contributed by atoms with Gasteiger partial charge in [-0.3, -0.25) is 4.79 Å². The predicted molar refractivity (Wildman–Crippen MR) is 96.4 cm³/mol. The molecule has 122 valence electrons. The normalized spacial score (nSPS) is 12.6. The Labute approximate surface area is 141 Å². The quantitative estimate of drug-likeness (QED) is 0.710. The number of amides is 1. The fourth-order valence-corrected chi connectivity index (χ4v) is 2.62. The number of carbonyl (C=O) groups is 1. The van der Waals surface area contributed by atoms with Gasteiger partial charge in [0.2, 0.25) is 5.91 Å². The third kappa shape index (κ3) is 3.73. The highest BCUT2D eigenvalue weighted by Gasteiger charge is 2.10. The molecule has 0 fully saturated rings. The summed E-state index contributed by atoms with van der Waals surface area (Å²) in [7, 11) is 1.98. The molecule has 24 heavy (non-hydrogen) atoms. The van der Waals surface area contributed by atoms with Crippen molar-refractivity contribution in [1.29, 1.82) is 0 Å². The van der Waals surface area contributed by atoms with E-state index in [9.17, 15) is 9.90 Å². The topological polar surface area (TPSA) is 54.3 Å². The van der Waals surface area contributed by atoms with Gasteiger partial charge in [-0.05, 0) is 40.8 Å². The summed E-state index contributed by atoms with van der Waals surface area (Å²) in [6.07, 6.45) is 4.47. The van der Waals surface area contributed by atoms with Crippen molar-refractivity contribution in [2.24, 2.45) is 7.05 Å². The van der Waals surface area contributed by atoms with Crippen molar-refractivity contribution in [3.05, 3.63) is 78.0 Å². The molecule has 0 aliphatic heterocycles. The molecule has 1 aromatic heterocycles. The number of rotatable bonds is 5. The van der Waals surface area contributed by atoms with E-state index in [0.717, 1.165) is 22.0 Å². The highest BCUT2D eigenvalue weighted by atomic mass is 16.3. The molecule has 1 heterocycles. The molecule has 0 saturated carbocycles. The summed E-state index contributed by atoms with van der Waals surface area (Å²) in [6, 6.07) is 17.4. The minimum absolute atomic E-state index is 0.177. The number of hydrogen-bond acceptors (Lipinski definition) is 2. The van der Waals surface area contributed by atoms with Crippen molar-refractivity contribution < 1.29 is 9.90 Å². The van der Waals surface area contributed by atoms with E-state index in [4.69, 9.17) is 0 Å². The van der Waals surface area contributed by atoms with Crippen LogP contribution in [-0.2, 0) is 11.8 Å². The molecule has 0 aliphatic rings. The van der Waals surface area contributed by atoms with Crippen LogP contribution in [0.1, 0.15) is 17.2 Å². The summed E-state index contributed by atoms with van der Waals surface area (Å²) in [5.74, 6) is -0.223. The van der Waals surface area contributed by atoms with E-state index in [2.05, 4.69) is 5.32 Å². The van der Waals surface area contributed by atoms with Crippen molar-refractivity contribution in [2.75, 3.05) is 6.54 Å². The molecule has 3 rings (SSSR count). The molecule has 0 saturated heterocycles. The van der Waals surface area contributed by atoms with Crippen LogP contribution in [0.5, 0.6) is 0 Å². The molecule has 1 atom stereocenters. The molecule has 1 amide bonds. The Kier molecular flexibility index (Phi) is 4.77. The maximum atomic E-state index is 11.9. The second-order valence-electron chi connectivity index (χ2n) is 5.75. The molecule has 4 heteroatoms. The zero-order valence-corrected chi connectivity index (χ0v) is 13.5. The number of nitrogens with zero attached hydrogens (tertiary/aromatic N) is 1. The van der Waals surface area contributed by atoms with Gasteiger partial charge < -0.3 is 15.0 Å². The standard InChI is InChI=1S/C20H20N2O2/c1-22-12-11-16-13-17(8-9-18(16)22)19(23)14-21-20(24)10-7-15-5-3-2-4-6-15/h2-13,19,23H,14H2,1H3,(H,21,24)/b10-7+/t19-/m1/s1. The number of benzene rings is 2. The molecular formula is C20H20N2O2. The Bertz CT molecular complexity index is 866. The first-order valence-corrected chi connectivity index (χ1v) is 7.87. The van der Waals surface area contributed by atoms with Gasteiger partial charge in [0.25, 0.3) is 0 Å². The summed E-state index contributed by atoms with van der Waals surface area (Å²) in [6.45, 7) is 0.177. The first-order chi connectivity index (χ1) is 11.6. The maximum Gasteiger partial charge on any atom is 0.244 e. The number of aliphatic hydroxyl groups excluding tert-OH is 1. The lowest BCUT2D eigenvalue weighted by atomic mass is 10.1. The van der Waals surface area contributed by atoms with Crippen molar-refractivity contribution in [1.82, 2.24) is 9.88 Å². The van der Waals surface area contributed by atoms with Gasteiger partial charge in [0.15, 0.2) is 0 Å². The zero-order valence-electron chi connectivity index (χ0n) is 13.5. The van der Waals surface area contributed by atoms with Gasteiger partial charge in [-0.1, -0.05) is 36.4 Å². The third-order valence-electron chi connectivity index (χ3n) is 3.99. The van der Waals surface area contributed by atoms with Gasteiger partial charge in [-0.25, -0.2) is 0 Å². The number of hydrogen-bond donors (Lipinski definition) is 2. The summed E-state index contributed by atoms with van der Waals surface area (Å²) < 4.78 is 2.03. The van der Waals surface area contributed by atoms with E-state index in [0.29, 0.717) is 0 Å². The molecule has 0 aliphatic carbocycles. The average Bonchev–Trinajstić information content (AvgIpc) is 2.99. The molecule has 2 N–H and O–H groups in total. The predicted octanol–water partition coefficient (Wildman–Crippen LogP) is 3.04. The van der Waals surface area contributed by atoms with Gasteiger partial charge in [0.05, 0.1) is 6.10 Å². The van der Waals surface area contributed by atoms with Crippen LogP contribution in [0.25, 0.3) is 17.0 Å². The summed E-state index contributed by atoms with van der Waals surface area (Å²) in [4.78, 5) is 11.9. The van der Waals surface area contributed by atoms with Crippen LogP contribution in [0, 0.1) is 0 Å². The molecule has 2 aromatic carbocycles. The van der Waals surface area contributed by atoms with E-state index < -0.39 is 6.10 Å². The van der Waals surface area contributed by atoms with Crippen molar-refractivity contribution in [2.45, 2.75) is 6.10 Å². The Balaban J connectivity index is 1.58. The fourth-order valence-electron chi connectivity index (χ4n) is 2.62. The molecule has 0 bridgehead atoms. The number of carbonyl (C=O) groups excluding carboxylic acids is 1. The molecule has 0 spiro atoms.